The minimum Gasteiger partial charge on any atom is -0.396 e. The van der Waals surface area contributed by atoms with Gasteiger partial charge in [0.05, 0.1) is 6.26 Å². The average molecular weight is 242 g/mol. The van der Waals surface area contributed by atoms with Crippen LogP contribution in [0.2, 0.25) is 0 Å². The van der Waals surface area contributed by atoms with Gasteiger partial charge in [-0.05, 0) is 32.2 Å². The lowest BCUT2D eigenvalue weighted by Crippen LogP contribution is -2.21. The van der Waals surface area contributed by atoms with E-state index in [9.17, 15) is 8.42 Å². The number of aliphatic hydroxyl groups excluding tert-OH is 1. The van der Waals surface area contributed by atoms with Crippen LogP contribution in [0, 0.1) is 0 Å². The normalized spacial score (nSPS) is 12.9. The van der Waals surface area contributed by atoms with Crippen LogP contribution in [-0.2, 0) is 10.1 Å². The number of hydrogen-bond acceptors (Lipinski definition) is 5. The van der Waals surface area contributed by atoms with Gasteiger partial charge < -0.3 is 16.6 Å². The SMILES string of the molecule is CS(=O)(=O)O.NCCCC(N)CCCO. The molecule has 7 heteroatoms. The van der Waals surface area contributed by atoms with E-state index in [0.717, 1.165) is 25.7 Å². The molecule has 0 aromatic rings. The molecule has 0 heterocycles. The second-order valence-corrected chi connectivity index (χ2v) is 4.76. The lowest BCUT2D eigenvalue weighted by atomic mass is 10.1. The van der Waals surface area contributed by atoms with E-state index in [-0.39, 0.29) is 12.6 Å². The van der Waals surface area contributed by atoms with Crippen molar-refractivity contribution >= 4 is 10.1 Å². The molecular weight excluding hydrogens is 220 g/mol. The first-order valence-corrected chi connectivity index (χ1v) is 6.65. The number of nitrogens with two attached hydrogens (primary N) is 2. The molecule has 0 amide bonds. The van der Waals surface area contributed by atoms with E-state index < -0.39 is 10.1 Å². The summed E-state index contributed by atoms with van der Waals surface area (Å²) in [5.74, 6) is 0. The fourth-order valence-electron chi connectivity index (χ4n) is 0.878. The van der Waals surface area contributed by atoms with E-state index in [1.54, 1.807) is 0 Å². The van der Waals surface area contributed by atoms with Gasteiger partial charge in [0.2, 0.25) is 0 Å². The van der Waals surface area contributed by atoms with E-state index in [1.165, 1.54) is 0 Å². The third kappa shape index (κ3) is 31.6. The summed E-state index contributed by atoms with van der Waals surface area (Å²) in [5, 5.41) is 8.46. The van der Waals surface area contributed by atoms with Crippen molar-refractivity contribution in [3.05, 3.63) is 0 Å². The monoisotopic (exact) mass is 242 g/mol. The highest BCUT2D eigenvalue weighted by molar-refractivity contribution is 7.85. The zero-order valence-corrected chi connectivity index (χ0v) is 9.91. The minimum atomic E-state index is -3.67. The Balaban J connectivity index is 0. The van der Waals surface area contributed by atoms with Crippen LogP contribution in [0.3, 0.4) is 0 Å². The Labute approximate surface area is 91.4 Å². The highest BCUT2D eigenvalue weighted by Crippen LogP contribution is 2.00. The van der Waals surface area contributed by atoms with Crippen molar-refractivity contribution in [2.75, 3.05) is 19.4 Å². The van der Waals surface area contributed by atoms with Gasteiger partial charge in [-0.1, -0.05) is 0 Å². The zero-order chi connectivity index (χ0) is 12.3. The van der Waals surface area contributed by atoms with Gasteiger partial charge in [-0.2, -0.15) is 8.42 Å². The van der Waals surface area contributed by atoms with E-state index in [2.05, 4.69) is 0 Å². The molecule has 0 rings (SSSR count). The molecule has 1 unspecified atom stereocenters. The highest BCUT2D eigenvalue weighted by atomic mass is 32.2. The predicted octanol–water partition coefficient (Wildman–Crippen LogP) is -0.671. The van der Waals surface area contributed by atoms with Gasteiger partial charge in [-0.15, -0.1) is 0 Å². The molecule has 94 valence electrons. The maximum atomic E-state index is 9.19. The molecule has 0 aliphatic heterocycles. The molecule has 0 aromatic carbocycles. The smallest absolute Gasteiger partial charge is 0.261 e. The Morgan fingerprint density at radius 1 is 1.27 bits per heavy atom. The van der Waals surface area contributed by atoms with Gasteiger partial charge in [-0.3, -0.25) is 4.55 Å². The van der Waals surface area contributed by atoms with Crippen LogP contribution in [0.4, 0.5) is 0 Å². The Morgan fingerprint density at radius 3 is 2.00 bits per heavy atom. The maximum Gasteiger partial charge on any atom is 0.261 e. The summed E-state index contributed by atoms with van der Waals surface area (Å²) >= 11 is 0. The van der Waals surface area contributed by atoms with E-state index in [4.69, 9.17) is 21.1 Å². The Kier molecular flexibility index (Phi) is 11.8. The van der Waals surface area contributed by atoms with Crippen LogP contribution < -0.4 is 11.5 Å². The van der Waals surface area contributed by atoms with Gasteiger partial charge in [0, 0.05) is 12.6 Å². The molecular formula is C8H22N2O4S. The number of rotatable bonds is 6. The fourth-order valence-corrected chi connectivity index (χ4v) is 0.878. The summed E-state index contributed by atoms with van der Waals surface area (Å²) in [6, 6.07) is 0.232. The maximum absolute atomic E-state index is 9.19. The predicted molar refractivity (Wildman–Crippen MR) is 60.1 cm³/mol. The summed E-state index contributed by atoms with van der Waals surface area (Å²) < 4.78 is 25.9. The topological polar surface area (TPSA) is 127 Å². The summed E-state index contributed by atoms with van der Waals surface area (Å²) in [6.07, 6.45) is 4.42. The average Bonchev–Trinajstić information content (AvgIpc) is 2.08. The first kappa shape index (κ1) is 17.2. The highest BCUT2D eigenvalue weighted by Gasteiger charge is 1.99. The van der Waals surface area contributed by atoms with Crippen LogP contribution >= 0.6 is 0 Å². The lowest BCUT2D eigenvalue weighted by Gasteiger charge is -2.08. The van der Waals surface area contributed by atoms with E-state index >= 15 is 0 Å². The molecule has 0 radical (unpaired) electrons. The largest absolute Gasteiger partial charge is 0.396 e. The zero-order valence-electron chi connectivity index (χ0n) is 9.09. The second-order valence-electron chi connectivity index (χ2n) is 3.29. The van der Waals surface area contributed by atoms with Crippen LogP contribution in [0.25, 0.3) is 0 Å². The summed E-state index contributed by atoms with van der Waals surface area (Å²) in [5.41, 5.74) is 11.0. The Hall–Kier alpha value is -0.210. The van der Waals surface area contributed by atoms with Gasteiger partial charge >= 0.3 is 0 Å². The van der Waals surface area contributed by atoms with Gasteiger partial charge in [0.25, 0.3) is 10.1 Å². The van der Waals surface area contributed by atoms with Crippen molar-refractivity contribution in [3.8, 4) is 0 Å². The molecule has 0 saturated carbocycles. The minimum absolute atomic E-state index is 0.232. The molecule has 0 aliphatic carbocycles. The second kappa shape index (κ2) is 10.3. The standard InChI is InChI=1S/C7H18N2O.CH4O3S/c8-5-1-3-7(9)4-2-6-10;1-5(2,3)4/h7,10H,1-6,8-9H2;1H3,(H,2,3,4). The summed E-state index contributed by atoms with van der Waals surface area (Å²) in [7, 11) is -3.67. The molecule has 0 aromatic heterocycles. The van der Waals surface area contributed by atoms with Crippen LogP contribution in [0.5, 0.6) is 0 Å². The first-order valence-electron chi connectivity index (χ1n) is 4.80. The van der Waals surface area contributed by atoms with Gasteiger partial charge in [0.15, 0.2) is 0 Å². The number of aliphatic hydroxyl groups is 1. The molecule has 0 fully saturated rings. The van der Waals surface area contributed by atoms with Crippen molar-refractivity contribution in [1.29, 1.82) is 0 Å². The third-order valence-corrected chi connectivity index (χ3v) is 1.51. The molecule has 15 heavy (non-hydrogen) atoms. The van der Waals surface area contributed by atoms with Crippen LogP contribution in [-0.4, -0.2) is 43.5 Å². The van der Waals surface area contributed by atoms with Crippen molar-refractivity contribution in [2.45, 2.75) is 31.7 Å². The molecule has 0 aliphatic rings. The lowest BCUT2D eigenvalue weighted by molar-refractivity contribution is 0.278. The molecule has 6 N–H and O–H groups in total. The van der Waals surface area contributed by atoms with E-state index in [1.807, 2.05) is 0 Å². The van der Waals surface area contributed by atoms with Gasteiger partial charge in [0.1, 0.15) is 0 Å². The Bertz CT molecular complexity index is 203. The third-order valence-electron chi connectivity index (χ3n) is 1.51. The summed E-state index contributed by atoms with van der Waals surface area (Å²) in [4.78, 5) is 0. The molecule has 0 saturated heterocycles. The molecule has 1 atom stereocenters. The quantitative estimate of drug-likeness (QED) is 0.457. The Morgan fingerprint density at radius 2 is 1.67 bits per heavy atom. The molecule has 0 bridgehead atoms. The van der Waals surface area contributed by atoms with Gasteiger partial charge in [-0.25, -0.2) is 0 Å². The van der Waals surface area contributed by atoms with E-state index in [0.29, 0.717) is 12.8 Å². The van der Waals surface area contributed by atoms with Crippen molar-refractivity contribution in [3.63, 3.8) is 0 Å². The molecule has 6 nitrogen and oxygen atoms in total. The summed E-state index contributed by atoms with van der Waals surface area (Å²) in [6.45, 7) is 0.961. The van der Waals surface area contributed by atoms with Crippen LogP contribution in [0.15, 0.2) is 0 Å². The molecule has 0 spiro atoms. The van der Waals surface area contributed by atoms with Crippen molar-refractivity contribution in [1.82, 2.24) is 0 Å². The fraction of sp³-hybridized carbons (Fsp3) is 1.00. The van der Waals surface area contributed by atoms with Crippen LogP contribution in [0.1, 0.15) is 25.7 Å². The van der Waals surface area contributed by atoms with Crippen molar-refractivity contribution in [2.24, 2.45) is 11.5 Å². The number of hydrogen-bond donors (Lipinski definition) is 4. The first-order chi connectivity index (χ1) is 6.81. The van der Waals surface area contributed by atoms with Crippen molar-refractivity contribution < 1.29 is 18.1 Å².